The summed E-state index contributed by atoms with van der Waals surface area (Å²) in [7, 11) is 0. The van der Waals surface area contributed by atoms with Gasteiger partial charge in [-0.3, -0.25) is 10.6 Å². The van der Waals surface area contributed by atoms with Gasteiger partial charge in [0.05, 0.1) is 10.2 Å². The quantitative estimate of drug-likeness (QED) is 0.464. The van der Waals surface area contributed by atoms with E-state index >= 15 is 0 Å². The summed E-state index contributed by atoms with van der Waals surface area (Å²) >= 11 is 3.03. The lowest BCUT2D eigenvalue weighted by Gasteiger charge is -2.04. The molecule has 0 aliphatic carbocycles. The first kappa shape index (κ1) is 16.4. The molecule has 4 aromatic heterocycles. The van der Waals surface area contributed by atoms with Crippen molar-refractivity contribution in [2.75, 3.05) is 22.5 Å². The predicted molar refractivity (Wildman–Crippen MR) is 101 cm³/mol. The van der Waals surface area contributed by atoms with Crippen LogP contribution in [0.5, 0.6) is 0 Å². The summed E-state index contributed by atoms with van der Waals surface area (Å²) in [6, 6.07) is 3.10. The van der Waals surface area contributed by atoms with Crippen LogP contribution >= 0.6 is 22.7 Å². The Kier molecular flexibility index (Phi) is 4.71. The van der Waals surface area contributed by atoms with Crippen molar-refractivity contribution in [1.82, 2.24) is 20.1 Å². The number of thiophene rings is 1. The number of hydrogen-bond donors (Lipinski definition) is 3. The molecule has 0 fully saturated rings. The number of aromatic nitrogens is 4. The van der Waals surface area contributed by atoms with E-state index in [1.54, 1.807) is 29.9 Å². The number of thiazole rings is 1. The number of urea groups is 1. The molecule has 11 heteroatoms. The third-order valence-corrected chi connectivity index (χ3v) is 5.24. The maximum Gasteiger partial charge on any atom is 0.326 e. The summed E-state index contributed by atoms with van der Waals surface area (Å²) in [6.45, 7) is 0.705. The Bertz CT molecular complexity index is 1010. The molecule has 4 heterocycles. The zero-order valence-corrected chi connectivity index (χ0v) is 14.9. The van der Waals surface area contributed by atoms with Crippen LogP contribution < -0.4 is 16.0 Å². The monoisotopic (exact) mass is 387 g/mol. The molecule has 4 aromatic rings. The number of carbonyl (C=O) groups excluding carboxylic acids is 1. The van der Waals surface area contributed by atoms with Crippen LogP contribution in [0, 0.1) is 0 Å². The normalized spacial score (nSPS) is 10.8. The molecular weight excluding hydrogens is 374 g/mol. The van der Waals surface area contributed by atoms with Gasteiger partial charge in [-0.25, -0.2) is 19.7 Å². The number of nitrogens with zero attached hydrogens (tertiary/aromatic N) is 4. The minimum Gasteiger partial charge on any atom is -0.368 e. The first-order valence-corrected chi connectivity index (χ1v) is 9.33. The number of carbonyl (C=O) groups is 1. The molecule has 0 radical (unpaired) electrons. The van der Waals surface area contributed by atoms with Crippen molar-refractivity contribution in [3.8, 4) is 0 Å². The molecule has 0 atom stereocenters. The molecule has 0 aromatic carbocycles. The standard InChI is InChI=1S/C15H13N7O2S2/c23-14(20-11-2-5-24-22-11)21-15-17-7-9(26-15)1-4-16-13-12-10(3-6-25-12)18-8-19-13/h2-3,5-8H,1,4H2,(H,16,18,19)(H2,17,20,21,22,23). The number of fused-ring (bicyclic) bond motifs is 1. The number of amides is 2. The first-order chi connectivity index (χ1) is 12.8. The summed E-state index contributed by atoms with van der Waals surface area (Å²) < 4.78 is 5.70. The Hall–Kier alpha value is -3.05. The fraction of sp³-hybridized carbons (Fsp3) is 0.133. The van der Waals surface area contributed by atoms with E-state index in [1.807, 2.05) is 11.4 Å². The minimum atomic E-state index is -0.418. The molecule has 0 saturated heterocycles. The number of nitrogens with one attached hydrogen (secondary N) is 3. The maximum atomic E-state index is 11.8. The highest BCUT2D eigenvalue weighted by atomic mass is 32.1. The highest BCUT2D eigenvalue weighted by Crippen LogP contribution is 2.25. The smallest absolute Gasteiger partial charge is 0.326 e. The van der Waals surface area contributed by atoms with Crippen LogP contribution in [-0.4, -0.2) is 32.7 Å². The predicted octanol–water partition coefficient (Wildman–Crippen LogP) is 3.43. The lowest BCUT2D eigenvalue weighted by molar-refractivity contribution is 0.262. The van der Waals surface area contributed by atoms with Gasteiger partial charge in [-0.1, -0.05) is 5.16 Å². The second kappa shape index (κ2) is 7.45. The largest absolute Gasteiger partial charge is 0.368 e. The average Bonchev–Trinajstić information content (AvgIpc) is 3.36. The average molecular weight is 387 g/mol. The molecule has 0 aliphatic rings. The fourth-order valence-corrected chi connectivity index (χ4v) is 3.84. The van der Waals surface area contributed by atoms with Gasteiger partial charge in [0.25, 0.3) is 0 Å². The molecule has 26 heavy (non-hydrogen) atoms. The number of rotatable bonds is 6. The number of hydrogen-bond acceptors (Lipinski definition) is 9. The van der Waals surface area contributed by atoms with E-state index in [0.29, 0.717) is 17.5 Å². The maximum absolute atomic E-state index is 11.8. The second-order valence-electron chi connectivity index (χ2n) is 5.13. The Labute approximate surface area is 155 Å². The molecule has 2 amide bonds. The lowest BCUT2D eigenvalue weighted by atomic mass is 10.3. The highest BCUT2D eigenvalue weighted by Gasteiger charge is 2.09. The Morgan fingerprint density at radius 1 is 1.19 bits per heavy atom. The van der Waals surface area contributed by atoms with Gasteiger partial charge in [-0.05, 0) is 11.4 Å². The van der Waals surface area contributed by atoms with Crippen LogP contribution in [0.4, 0.5) is 21.6 Å². The van der Waals surface area contributed by atoms with Crippen LogP contribution in [-0.2, 0) is 6.42 Å². The Balaban J connectivity index is 1.29. The molecule has 3 N–H and O–H groups in total. The van der Waals surface area contributed by atoms with E-state index in [2.05, 4.69) is 40.6 Å². The van der Waals surface area contributed by atoms with Crippen molar-refractivity contribution in [3.05, 3.63) is 41.2 Å². The van der Waals surface area contributed by atoms with Gasteiger partial charge in [-0.15, -0.1) is 22.7 Å². The van der Waals surface area contributed by atoms with Crippen LogP contribution in [0.15, 0.2) is 40.8 Å². The minimum absolute atomic E-state index is 0.341. The van der Waals surface area contributed by atoms with Crippen molar-refractivity contribution in [1.29, 1.82) is 0 Å². The van der Waals surface area contributed by atoms with Gasteiger partial charge in [0.2, 0.25) is 0 Å². The van der Waals surface area contributed by atoms with E-state index in [-0.39, 0.29) is 0 Å². The molecule has 132 valence electrons. The van der Waals surface area contributed by atoms with Crippen LogP contribution in [0.2, 0.25) is 0 Å². The van der Waals surface area contributed by atoms with Crippen LogP contribution in [0.1, 0.15) is 4.88 Å². The third kappa shape index (κ3) is 3.78. The van der Waals surface area contributed by atoms with Crippen molar-refractivity contribution in [3.63, 3.8) is 0 Å². The van der Waals surface area contributed by atoms with Gasteiger partial charge in [0.15, 0.2) is 10.9 Å². The van der Waals surface area contributed by atoms with Crippen LogP contribution in [0.25, 0.3) is 10.2 Å². The van der Waals surface area contributed by atoms with E-state index in [9.17, 15) is 4.79 Å². The highest BCUT2D eigenvalue weighted by molar-refractivity contribution is 7.17. The molecular formula is C15H13N7O2S2. The number of anilines is 3. The Morgan fingerprint density at radius 3 is 3.04 bits per heavy atom. The van der Waals surface area contributed by atoms with Crippen molar-refractivity contribution in [2.24, 2.45) is 0 Å². The van der Waals surface area contributed by atoms with Gasteiger partial charge in [-0.2, -0.15) is 0 Å². The van der Waals surface area contributed by atoms with Gasteiger partial charge < -0.3 is 9.84 Å². The van der Waals surface area contributed by atoms with E-state index in [4.69, 9.17) is 0 Å². The van der Waals surface area contributed by atoms with Crippen molar-refractivity contribution < 1.29 is 9.32 Å². The SMILES string of the molecule is O=C(Nc1ccon1)Nc1ncc(CCNc2ncnc3ccsc23)s1. The summed E-state index contributed by atoms with van der Waals surface area (Å²) in [4.78, 5) is 25.6. The lowest BCUT2D eigenvalue weighted by Crippen LogP contribution is -2.19. The van der Waals surface area contributed by atoms with Crippen molar-refractivity contribution in [2.45, 2.75) is 6.42 Å². The zero-order chi connectivity index (χ0) is 17.8. The van der Waals surface area contributed by atoms with E-state index < -0.39 is 6.03 Å². The molecule has 9 nitrogen and oxygen atoms in total. The molecule has 0 unspecified atom stereocenters. The molecule has 0 spiro atoms. The summed E-state index contributed by atoms with van der Waals surface area (Å²) in [5.74, 6) is 1.17. The van der Waals surface area contributed by atoms with Gasteiger partial charge in [0, 0.05) is 30.1 Å². The summed E-state index contributed by atoms with van der Waals surface area (Å²) in [5.41, 5.74) is 0.940. The molecule has 0 bridgehead atoms. The summed E-state index contributed by atoms with van der Waals surface area (Å²) in [6.07, 6.45) is 5.45. The van der Waals surface area contributed by atoms with E-state index in [1.165, 1.54) is 17.6 Å². The van der Waals surface area contributed by atoms with Gasteiger partial charge in [0.1, 0.15) is 18.4 Å². The zero-order valence-electron chi connectivity index (χ0n) is 13.3. The molecule has 0 aliphatic heterocycles. The van der Waals surface area contributed by atoms with Crippen molar-refractivity contribution >= 4 is 55.7 Å². The topological polar surface area (TPSA) is 118 Å². The Morgan fingerprint density at radius 2 is 2.15 bits per heavy atom. The third-order valence-electron chi connectivity index (χ3n) is 3.36. The van der Waals surface area contributed by atoms with Crippen LogP contribution in [0.3, 0.4) is 0 Å². The van der Waals surface area contributed by atoms with Gasteiger partial charge >= 0.3 is 6.03 Å². The fourth-order valence-electron chi connectivity index (χ4n) is 2.22. The summed E-state index contributed by atoms with van der Waals surface area (Å²) in [5, 5.41) is 14.7. The molecule has 4 rings (SSSR count). The molecule has 0 saturated carbocycles. The second-order valence-corrected chi connectivity index (χ2v) is 7.16. The van der Waals surface area contributed by atoms with E-state index in [0.717, 1.165) is 27.3 Å². The first-order valence-electron chi connectivity index (χ1n) is 7.63.